The fourth-order valence-corrected chi connectivity index (χ4v) is 4.77. The van der Waals surface area contributed by atoms with Crippen LogP contribution in [0.5, 0.6) is 11.6 Å². The highest BCUT2D eigenvalue weighted by Crippen LogP contribution is 2.42. The molecular formula is C25H27FN8O. The van der Waals surface area contributed by atoms with Gasteiger partial charge in [0.05, 0.1) is 40.6 Å². The van der Waals surface area contributed by atoms with Gasteiger partial charge >= 0.3 is 0 Å². The number of nitriles is 1. The molecule has 0 aliphatic carbocycles. The summed E-state index contributed by atoms with van der Waals surface area (Å²) in [5, 5.41) is 13.7. The number of pyridine rings is 1. The number of benzene rings is 1. The molecule has 1 aliphatic heterocycles. The third-order valence-corrected chi connectivity index (χ3v) is 6.66. The largest absolute Gasteiger partial charge is 0.435 e. The van der Waals surface area contributed by atoms with Gasteiger partial charge in [-0.15, -0.1) is 0 Å². The lowest BCUT2D eigenvalue weighted by molar-refractivity contribution is 0.440. The Morgan fingerprint density at radius 3 is 2.77 bits per heavy atom. The van der Waals surface area contributed by atoms with Crippen LogP contribution in [0.15, 0.2) is 24.5 Å². The Labute approximate surface area is 202 Å². The zero-order valence-electron chi connectivity index (χ0n) is 19.9. The van der Waals surface area contributed by atoms with Gasteiger partial charge in [-0.1, -0.05) is 0 Å². The van der Waals surface area contributed by atoms with Gasteiger partial charge in [-0.05, 0) is 38.8 Å². The molecule has 0 spiro atoms. The van der Waals surface area contributed by atoms with Crippen LogP contribution in [-0.4, -0.2) is 45.6 Å². The number of aryl methyl sites for hydroxylation is 2. The van der Waals surface area contributed by atoms with Crippen molar-refractivity contribution in [1.82, 2.24) is 19.9 Å². The number of nitrogens with one attached hydrogen (secondary N) is 2. The predicted octanol–water partition coefficient (Wildman–Crippen LogP) is 4.31. The zero-order chi connectivity index (χ0) is 24.7. The van der Waals surface area contributed by atoms with Gasteiger partial charge in [0.25, 0.3) is 0 Å². The van der Waals surface area contributed by atoms with Crippen LogP contribution in [-0.2, 0) is 0 Å². The molecule has 3 aromatic heterocycles. The van der Waals surface area contributed by atoms with Gasteiger partial charge in [-0.25, -0.2) is 14.4 Å². The summed E-state index contributed by atoms with van der Waals surface area (Å²) in [6.45, 7) is 4.92. The average Bonchev–Trinajstić information content (AvgIpc) is 3.42. The van der Waals surface area contributed by atoms with Gasteiger partial charge < -0.3 is 25.7 Å². The van der Waals surface area contributed by atoms with Gasteiger partial charge in [0.1, 0.15) is 17.5 Å². The van der Waals surface area contributed by atoms with Crippen molar-refractivity contribution in [2.24, 2.45) is 5.73 Å². The van der Waals surface area contributed by atoms with Gasteiger partial charge in [-0.2, -0.15) is 10.2 Å². The monoisotopic (exact) mass is 474 g/mol. The number of hydrogen-bond acceptors (Lipinski definition) is 8. The fourth-order valence-electron chi connectivity index (χ4n) is 4.77. The van der Waals surface area contributed by atoms with Crippen LogP contribution in [0.4, 0.5) is 15.9 Å². The molecule has 4 aromatic rings. The number of anilines is 2. The maximum absolute atomic E-state index is 14.6. The van der Waals surface area contributed by atoms with Crippen molar-refractivity contribution in [2.75, 3.05) is 30.4 Å². The first-order chi connectivity index (χ1) is 16.8. The Morgan fingerprint density at radius 2 is 2.06 bits per heavy atom. The first-order valence-corrected chi connectivity index (χ1v) is 11.5. The summed E-state index contributed by atoms with van der Waals surface area (Å²) in [6.07, 6.45) is 4.94. The van der Waals surface area contributed by atoms with E-state index in [1.54, 1.807) is 26.4 Å². The van der Waals surface area contributed by atoms with Crippen molar-refractivity contribution in [2.45, 2.75) is 38.6 Å². The quantitative estimate of drug-likeness (QED) is 0.377. The number of fused-ring (bicyclic) bond motifs is 3. The SMILES string of the molecule is CNc1cc(F)cc2c1[nH]c1c(C)c(Oc3cnc(C)nc3)nc(N3CCC(N)(CCC#N)C3)c12. The molecule has 1 unspecified atom stereocenters. The van der Waals surface area contributed by atoms with Gasteiger partial charge in [-0.3, -0.25) is 0 Å². The first kappa shape index (κ1) is 22.8. The minimum absolute atomic E-state index is 0.341. The predicted molar refractivity (Wildman–Crippen MR) is 133 cm³/mol. The molecular weight excluding hydrogens is 447 g/mol. The molecule has 4 heterocycles. The standard InChI is InChI=1S/C25H27FN8O/c1-14-21-20(18-9-16(26)10-19(29-3)22(18)32-21)23(34-8-6-25(28,13-34)5-4-7-27)33-24(14)35-17-11-30-15(2)31-12-17/h9-12,29,32H,4-6,8,13,28H2,1-3H3. The summed E-state index contributed by atoms with van der Waals surface area (Å²) in [6, 6.07) is 5.18. The fraction of sp³-hybridized carbons (Fsp3) is 0.360. The average molecular weight is 475 g/mol. The number of hydrogen-bond donors (Lipinski definition) is 3. The molecule has 0 saturated carbocycles. The lowest BCUT2D eigenvalue weighted by Crippen LogP contribution is -2.42. The zero-order valence-corrected chi connectivity index (χ0v) is 19.9. The van der Waals surface area contributed by atoms with Crippen molar-refractivity contribution in [1.29, 1.82) is 5.26 Å². The van der Waals surface area contributed by atoms with Crippen molar-refractivity contribution in [3.8, 4) is 17.7 Å². The molecule has 4 N–H and O–H groups in total. The Hall–Kier alpha value is -3.97. The molecule has 1 saturated heterocycles. The summed E-state index contributed by atoms with van der Waals surface area (Å²) in [4.78, 5) is 18.9. The van der Waals surface area contributed by atoms with E-state index in [2.05, 4.69) is 31.2 Å². The summed E-state index contributed by atoms with van der Waals surface area (Å²) < 4.78 is 20.7. The van der Waals surface area contributed by atoms with E-state index in [1.807, 2.05) is 6.92 Å². The number of rotatable bonds is 6. The van der Waals surface area contributed by atoms with Crippen LogP contribution in [0, 0.1) is 31.0 Å². The highest BCUT2D eigenvalue weighted by Gasteiger charge is 2.36. The number of nitrogens with two attached hydrogens (primary N) is 1. The molecule has 0 radical (unpaired) electrons. The topological polar surface area (TPSA) is 129 Å². The van der Waals surface area contributed by atoms with Crippen LogP contribution >= 0.6 is 0 Å². The number of nitrogens with zero attached hydrogens (tertiary/aromatic N) is 5. The summed E-state index contributed by atoms with van der Waals surface area (Å²) in [7, 11) is 1.76. The molecule has 1 atom stereocenters. The van der Waals surface area contributed by atoms with Crippen LogP contribution < -0.4 is 20.7 Å². The summed E-state index contributed by atoms with van der Waals surface area (Å²) >= 11 is 0. The molecule has 180 valence electrons. The Morgan fingerprint density at radius 1 is 1.29 bits per heavy atom. The van der Waals surface area contributed by atoms with Crippen LogP contribution in [0.25, 0.3) is 21.8 Å². The number of aromatic amines is 1. The third kappa shape index (κ3) is 4.08. The number of halogens is 1. The third-order valence-electron chi connectivity index (χ3n) is 6.66. The van der Waals surface area contributed by atoms with Crippen LogP contribution in [0.3, 0.4) is 0 Å². The maximum atomic E-state index is 14.6. The summed E-state index contributed by atoms with van der Waals surface area (Å²) in [5.74, 6) is 1.84. The smallest absolute Gasteiger partial charge is 0.226 e. The van der Waals surface area contributed by atoms with Gasteiger partial charge in [0, 0.05) is 43.0 Å². The minimum atomic E-state index is -0.492. The van der Waals surface area contributed by atoms with Gasteiger partial charge in [0.2, 0.25) is 5.88 Å². The van der Waals surface area contributed by atoms with Crippen LogP contribution in [0.1, 0.15) is 30.7 Å². The molecule has 35 heavy (non-hydrogen) atoms. The maximum Gasteiger partial charge on any atom is 0.226 e. The lowest BCUT2D eigenvalue weighted by atomic mass is 9.94. The number of H-pyrrole nitrogens is 1. The van der Waals surface area contributed by atoms with E-state index in [9.17, 15) is 4.39 Å². The molecule has 0 amide bonds. The Kier molecular flexibility index (Phi) is 5.65. The van der Waals surface area contributed by atoms with E-state index < -0.39 is 5.54 Å². The molecule has 0 bridgehead atoms. The van der Waals surface area contributed by atoms with Crippen LogP contribution in [0.2, 0.25) is 0 Å². The number of aromatic nitrogens is 4. The minimum Gasteiger partial charge on any atom is -0.435 e. The second kappa shape index (κ2) is 8.67. The Balaban J connectivity index is 1.70. The summed E-state index contributed by atoms with van der Waals surface area (Å²) in [5.41, 5.74) is 9.17. The molecule has 1 aliphatic rings. The van der Waals surface area contributed by atoms with E-state index in [1.165, 1.54) is 12.1 Å². The van der Waals surface area contributed by atoms with Crippen molar-refractivity contribution < 1.29 is 9.13 Å². The highest BCUT2D eigenvalue weighted by molar-refractivity contribution is 6.16. The van der Waals surface area contributed by atoms with E-state index in [0.717, 1.165) is 33.8 Å². The second-order valence-corrected chi connectivity index (χ2v) is 9.13. The van der Waals surface area contributed by atoms with E-state index >= 15 is 0 Å². The lowest BCUT2D eigenvalue weighted by Gasteiger charge is -2.25. The molecule has 9 nitrogen and oxygen atoms in total. The molecule has 1 aromatic carbocycles. The van der Waals surface area contributed by atoms with Crippen molar-refractivity contribution in [3.63, 3.8) is 0 Å². The van der Waals surface area contributed by atoms with Gasteiger partial charge in [0.15, 0.2) is 5.75 Å². The highest BCUT2D eigenvalue weighted by atomic mass is 19.1. The molecule has 5 rings (SSSR count). The first-order valence-electron chi connectivity index (χ1n) is 11.5. The second-order valence-electron chi connectivity index (χ2n) is 9.13. The normalized spacial score (nSPS) is 17.8. The van der Waals surface area contributed by atoms with E-state index in [0.29, 0.717) is 54.9 Å². The van der Waals surface area contributed by atoms with Crippen molar-refractivity contribution in [3.05, 3.63) is 41.7 Å². The molecule has 1 fully saturated rings. The van der Waals surface area contributed by atoms with Crippen molar-refractivity contribution >= 4 is 33.3 Å². The Bertz CT molecular complexity index is 1460. The number of ether oxygens (including phenoxy) is 1. The molecule has 10 heteroatoms. The van der Waals surface area contributed by atoms with E-state index in [4.69, 9.17) is 20.7 Å². The van der Waals surface area contributed by atoms with E-state index in [-0.39, 0.29) is 5.82 Å².